The number of amides is 1. The smallest absolute Gasteiger partial charge is 0.269 e. The summed E-state index contributed by atoms with van der Waals surface area (Å²) in [6, 6.07) is 5.68. The van der Waals surface area contributed by atoms with E-state index in [1.807, 2.05) is 0 Å². The van der Waals surface area contributed by atoms with Gasteiger partial charge in [-0.2, -0.15) is 0 Å². The first-order chi connectivity index (χ1) is 15.1. The number of hydrogen-bond acceptors (Lipinski definition) is 9. The molecule has 13 heteroatoms. The van der Waals surface area contributed by atoms with Gasteiger partial charge in [-0.25, -0.2) is 31.1 Å². The number of anilines is 2. The Morgan fingerprint density at radius 2 is 1.75 bits per heavy atom. The van der Waals surface area contributed by atoms with Gasteiger partial charge in [0.05, 0.1) is 11.8 Å². The third-order valence-corrected chi connectivity index (χ3v) is 7.78. The SMILES string of the molecule is CS(=O)(=O)Nc1ccc2c(c1)S(=O)(=O)N(CCCN1CCN(c3ncccn3)CC1)C2=O. The van der Waals surface area contributed by atoms with Crippen LogP contribution in [0.2, 0.25) is 0 Å². The van der Waals surface area contributed by atoms with Crippen LogP contribution in [0.3, 0.4) is 0 Å². The molecule has 0 bridgehead atoms. The van der Waals surface area contributed by atoms with Gasteiger partial charge in [-0.3, -0.25) is 14.4 Å². The number of piperazine rings is 1. The molecule has 1 N–H and O–H groups in total. The van der Waals surface area contributed by atoms with Crippen LogP contribution in [-0.4, -0.2) is 87.4 Å². The largest absolute Gasteiger partial charge is 0.338 e. The molecule has 3 heterocycles. The van der Waals surface area contributed by atoms with Crippen molar-refractivity contribution < 1.29 is 21.6 Å². The number of carbonyl (C=O) groups excluding carboxylic acids is 1. The summed E-state index contributed by atoms with van der Waals surface area (Å²) in [5.74, 6) is 0.111. The van der Waals surface area contributed by atoms with Crippen LogP contribution in [0.4, 0.5) is 11.6 Å². The van der Waals surface area contributed by atoms with E-state index in [9.17, 15) is 21.6 Å². The summed E-state index contributed by atoms with van der Waals surface area (Å²) in [7, 11) is -7.58. The number of hydrogen-bond donors (Lipinski definition) is 1. The van der Waals surface area contributed by atoms with E-state index in [-0.39, 0.29) is 22.7 Å². The van der Waals surface area contributed by atoms with Gasteiger partial charge in [-0.05, 0) is 30.7 Å². The van der Waals surface area contributed by atoms with Crippen molar-refractivity contribution >= 4 is 37.6 Å². The first-order valence-corrected chi connectivity index (χ1v) is 13.4. The maximum Gasteiger partial charge on any atom is 0.269 e. The Morgan fingerprint density at radius 3 is 2.41 bits per heavy atom. The molecule has 0 unspecified atom stereocenters. The summed E-state index contributed by atoms with van der Waals surface area (Å²) in [5.41, 5.74) is 0.158. The Hall–Kier alpha value is -2.77. The third-order valence-electron chi connectivity index (χ3n) is 5.35. The summed E-state index contributed by atoms with van der Waals surface area (Å²) in [6.07, 6.45) is 4.88. The molecule has 2 aromatic rings. The fourth-order valence-electron chi connectivity index (χ4n) is 3.84. The second-order valence-corrected chi connectivity index (χ2v) is 11.3. The highest BCUT2D eigenvalue weighted by molar-refractivity contribution is 7.92. The number of fused-ring (bicyclic) bond motifs is 1. The van der Waals surface area contributed by atoms with E-state index in [2.05, 4.69) is 24.5 Å². The lowest BCUT2D eigenvalue weighted by Gasteiger charge is -2.34. The number of nitrogens with zero attached hydrogens (tertiary/aromatic N) is 5. The predicted molar refractivity (Wildman–Crippen MR) is 118 cm³/mol. The number of nitrogens with one attached hydrogen (secondary N) is 1. The molecule has 0 spiro atoms. The number of sulfonamides is 2. The van der Waals surface area contributed by atoms with Gasteiger partial charge < -0.3 is 4.90 Å². The molecular formula is C19H24N6O5S2. The lowest BCUT2D eigenvalue weighted by Crippen LogP contribution is -2.47. The lowest BCUT2D eigenvalue weighted by atomic mass is 10.2. The van der Waals surface area contributed by atoms with Gasteiger partial charge >= 0.3 is 0 Å². The minimum absolute atomic E-state index is 0.0560. The molecule has 1 amide bonds. The van der Waals surface area contributed by atoms with Gasteiger partial charge in [0.15, 0.2) is 0 Å². The lowest BCUT2D eigenvalue weighted by molar-refractivity contribution is 0.0866. The van der Waals surface area contributed by atoms with Gasteiger partial charge in [0.1, 0.15) is 4.90 Å². The van der Waals surface area contributed by atoms with Gasteiger partial charge in [-0.1, -0.05) is 0 Å². The van der Waals surface area contributed by atoms with Crippen LogP contribution in [0, 0.1) is 0 Å². The van der Waals surface area contributed by atoms with Crippen molar-refractivity contribution in [3.63, 3.8) is 0 Å². The molecule has 11 nitrogen and oxygen atoms in total. The van der Waals surface area contributed by atoms with Crippen LogP contribution < -0.4 is 9.62 Å². The maximum atomic E-state index is 12.9. The number of aromatic nitrogens is 2. The van der Waals surface area contributed by atoms with E-state index in [1.54, 1.807) is 18.5 Å². The molecule has 4 rings (SSSR count). The fraction of sp³-hybridized carbons (Fsp3) is 0.421. The van der Waals surface area contributed by atoms with Crippen molar-refractivity contribution in [2.75, 3.05) is 55.1 Å². The highest BCUT2D eigenvalue weighted by atomic mass is 32.2. The molecule has 2 aliphatic rings. The topological polar surface area (TPSA) is 133 Å². The second-order valence-electron chi connectivity index (χ2n) is 7.70. The third kappa shape index (κ3) is 4.69. The molecule has 0 radical (unpaired) electrons. The van der Waals surface area contributed by atoms with Gasteiger partial charge in [-0.15, -0.1) is 0 Å². The normalized spacial score (nSPS) is 18.6. The van der Waals surface area contributed by atoms with E-state index in [0.29, 0.717) is 18.9 Å². The molecule has 0 saturated carbocycles. The molecule has 1 saturated heterocycles. The van der Waals surface area contributed by atoms with Crippen molar-refractivity contribution in [2.45, 2.75) is 11.3 Å². The molecule has 2 aliphatic heterocycles. The van der Waals surface area contributed by atoms with Crippen molar-refractivity contribution in [3.8, 4) is 0 Å². The fourth-order valence-corrected chi connectivity index (χ4v) is 6.03. The Kier molecular flexibility index (Phi) is 6.05. The first kappa shape index (κ1) is 22.4. The second kappa shape index (κ2) is 8.64. The van der Waals surface area contributed by atoms with Crippen molar-refractivity contribution in [3.05, 3.63) is 42.2 Å². The van der Waals surface area contributed by atoms with Crippen LogP contribution >= 0.6 is 0 Å². The highest BCUT2D eigenvalue weighted by Crippen LogP contribution is 2.32. The van der Waals surface area contributed by atoms with E-state index in [0.717, 1.165) is 36.7 Å². The van der Waals surface area contributed by atoms with Crippen LogP contribution in [-0.2, 0) is 20.0 Å². The molecule has 0 atom stereocenters. The number of carbonyl (C=O) groups is 1. The zero-order valence-corrected chi connectivity index (χ0v) is 19.1. The summed E-state index contributed by atoms with van der Waals surface area (Å²) in [6.45, 7) is 3.84. The summed E-state index contributed by atoms with van der Waals surface area (Å²) in [4.78, 5) is 25.3. The zero-order chi connectivity index (χ0) is 22.9. The van der Waals surface area contributed by atoms with E-state index in [4.69, 9.17) is 0 Å². The number of rotatable bonds is 7. The molecular weight excluding hydrogens is 456 g/mol. The minimum atomic E-state index is -4.02. The molecule has 172 valence electrons. The van der Waals surface area contributed by atoms with Crippen LogP contribution in [0.15, 0.2) is 41.6 Å². The van der Waals surface area contributed by atoms with Crippen molar-refractivity contribution in [2.24, 2.45) is 0 Å². The molecule has 0 aliphatic carbocycles. The van der Waals surface area contributed by atoms with Gasteiger partial charge in [0, 0.05) is 57.3 Å². The van der Waals surface area contributed by atoms with Crippen LogP contribution in [0.5, 0.6) is 0 Å². The highest BCUT2D eigenvalue weighted by Gasteiger charge is 2.41. The Labute approximate surface area is 187 Å². The van der Waals surface area contributed by atoms with Gasteiger partial charge in [0.2, 0.25) is 16.0 Å². The predicted octanol–water partition coefficient (Wildman–Crippen LogP) is 0.205. The van der Waals surface area contributed by atoms with E-state index < -0.39 is 26.0 Å². The van der Waals surface area contributed by atoms with Crippen LogP contribution in [0.1, 0.15) is 16.8 Å². The van der Waals surface area contributed by atoms with E-state index in [1.165, 1.54) is 18.2 Å². The molecule has 1 fully saturated rings. The molecule has 1 aromatic carbocycles. The summed E-state index contributed by atoms with van der Waals surface area (Å²) >= 11 is 0. The van der Waals surface area contributed by atoms with Crippen molar-refractivity contribution in [1.29, 1.82) is 0 Å². The Balaban J connectivity index is 1.34. The monoisotopic (exact) mass is 480 g/mol. The maximum absolute atomic E-state index is 12.9. The van der Waals surface area contributed by atoms with Crippen molar-refractivity contribution in [1.82, 2.24) is 19.2 Å². The van der Waals surface area contributed by atoms with Crippen LogP contribution in [0.25, 0.3) is 0 Å². The molecule has 32 heavy (non-hydrogen) atoms. The Morgan fingerprint density at radius 1 is 1.06 bits per heavy atom. The van der Waals surface area contributed by atoms with E-state index >= 15 is 0 Å². The van der Waals surface area contributed by atoms with Gasteiger partial charge in [0.25, 0.3) is 15.9 Å². The average Bonchev–Trinajstić information content (AvgIpc) is 2.94. The first-order valence-electron chi connectivity index (χ1n) is 10.1. The average molecular weight is 481 g/mol. The summed E-state index contributed by atoms with van der Waals surface area (Å²) in [5, 5.41) is 0. The molecule has 1 aromatic heterocycles. The summed E-state index contributed by atoms with van der Waals surface area (Å²) < 4.78 is 51.7. The number of benzene rings is 1. The minimum Gasteiger partial charge on any atom is -0.338 e. The quantitative estimate of drug-likeness (QED) is 0.590. The Bertz CT molecular complexity index is 1210. The zero-order valence-electron chi connectivity index (χ0n) is 17.5. The standard InChI is InChI=1S/C19H24N6O5S2/c1-31(27,28)22-15-4-5-16-17(14-15)32(29,30)25(18(16)26)9-3-8-23-10-12-24(13-11-23)19-20-6-2-7-21-19/h2,4-7,14,22H,3,8-13H2,1H3.